The van der Waals surface area contributed by atoms with E-state index in [2.05, 4.69) is 10.3 Å². The summed E-state index contributed by atoms with van der Waals surface area (Å²) in [7, 11) is 1.28. The zero-order valence-corrected chi connectivity index (χ0v) is 7.72. The highest BCUT2D eigenvalue weighted by Gasteiger charge is 2.33. The maximum atomic E-state index is 12.4. The molecule has 0 saturated carbocycles. The molecule has 0 saturated heterocycles. The van der Waals surface area contributed by atoms with Gasteiger partial charge in [0.2, 0.25) is 0 Å². The number of anilines is 1. The highest BCUT2D eigenvalue weighted by molar-refractivity contribution is 5.51. The van der Waals surface area contributed by atoms with Crippen LogP contribution < -0.4 is 5.48 Å². The molecule has 0 aromatic heterocycles. The van der Waals surface area contributed by atoms with E-state index in [-0.39, 0.29) is 5.69 Å². The summed E-state index contributed by atoms with van der Waals surface area (Å²) < 4.78 is 37.3. The maximum absolute atomic E-state index is 12.4. The smallest absolute Gasteiger partial charge is 0.279 e. The summed E-state index contributed by atoms with van der Waals surface area (Å²) in [5.74, 6) is 0. The van der Waals surface area contributed by atoms with Gasteiger partial charge in [-0.3, -0.25) is 10.3 Å². The molecule has 0 aliphatic carbocycles. The zero-order chi connectivity index (χ0) is 11.5. The highest BCUT2D eigenvalue weighted by atomic mass is 19.4. The second kappa shape index (κ2) is 4.19. The van der Waals surface area contributed by atoms with Crippen LogP contribution in [0.2, 0.25) is 0 Å². The number of nitrogens with zero attached hydrogens (tertiary/aromatic N) is 1. The number of nitriles is 1. The Bertz CT molecular complexity index is 395. The van der Waals surface area contributed by atoms with Gasteiger partial charge in [-0.15, -0.1) is 0 Å². The van der Waals surface area contributed by atoms with Gasteiger partial charge in [-0.05, 0) is 18.2 Å². The Hall–Kier alpha value is -1.74. The van der Waals surface area contributed by atoms with Crippen molar-refractivity contribution < 1.29 is 18.0 Å². The zero-order valence-electron chi connectivity index (χ0n) is 7.72. The second-order valence-corrected chi connectivity index (χ2v) is 2.68. The molecule has 1 rings (SSSR count). The molecule has 1 aromatic carbocycles. The van der Waals surface area contributed by atoms with Crippen LogP contribution in [0.25, 0.3) is 0 Å². The summed E-state index contributed by atoms with van der Waals surface area (Å²) in [4.78, 5) is 4.47. The maximum Gasteiger partial charge on any atom is 0.417 e. The van der Waals surface area contributed by atoms with Crippen LogP contribution in [0.3, 0.4) is 0 Å². The van der Waals surface area contributed by atoms with Gasteiger partial charge in [0.1, 0.15) is 0 Å². The van der Waals surface area contributed by atoms with Gasteiger partial charge in [-0.1, -0.05) is 0 Å². The molecule has 1 aromatic rings. The van der Waals surface area contributed by atoms with Crippen molar-refractivity contribution in [1.82, 2.24) is 0 Å². The van der Waals surface area contributed by atoms with E-state index in [1.165, 1.54) is 19.2 Å². The molecule has 15 heavy (non-hydrogen) atoms. The monoisotopic (exact) mass is 216 g/mol. The van der Waals surface area contributed by atoms with Crippen molar-refractivity contribution in [3.05, 3.63) is 29.3 Å². The summed E-state index contributed by atoms with van der Waals surface area (Å²) in [5.41, 5.74) is 1.01. The summed E-state index contributed by atoms with van der Waals surface area (Å²) >= 11 is 0. The van der Waals surface area contributed by atoms with Crippen LogP contribution in [-0.4, -0.2) is 7.11 Å². The van der Waals surface area contributed by atoms with Crippen LogP contribution in [0, 0.1) is 11.3 Å². The molecule has 3 nitrogen and oxygen atoms in total. The van der Waals surface area contributed by atoms with Crippen LogP contribution in [0.15, 0.2) is 18.2 Å². The average molecular weight is 216 g/mol. The molecule has 1 N–H and O–H groups in total. The van der Waals surface area contributed by atoms with E-state index >= 15 is 0 Å². The SMILES string of the molecule is CONc1ccc(C#N)c(C(F)(F)F)c1. The van der Waals surface area contributed by atoms with E-state index in [0.29, 0.717) is 0 Å². The number of nitrogens with one attached hydrogen (secondary N) is 1. The number of benzene rings is 1. The topological polar surface area (TPSA) is 45.0 Å². The third-order valence-electron chi connectivity index (χ3n) is 1.67. The third kappa shape index (κ3) is 2.60. The molecular formula is C9H7F3N2O. The van der Waals surface area contributed by atoms with Gasteiger partial charge in [-0.2, -0.15) is 18.4 Å². The van der Waals surface area contributed by atoms with Crippen molar-refractivity contribution >= 4 is 5.69 Å². The van der Waals surface area contributed by atoms with Crippen molar-refractivity contribution in [3.63, 3.8) is 0 Å². The number of halogens is 3. The first-order valence-electron chi connectivity index (χ1n) is 3.89. The van der Waals surface area contributed by atoms with Gasteiger partial charge in [0.05, 0.1) is 30.0 Å². The summed E-state index contributed by atoms with van der Waals surface area (Å²) in [6.45, 7) is 0. The lowest BCUT2D eigenvalue weighted by molar-refractivity contribution is -0.137. The fourth-order valence-electron chi connectivity index (χ4n) is 1.06. The fraction of sp³-hybridized carbons (Fsp3) is 0.222. The van der Waals surface area contributed by atoms with Crippen LogP contribution >= 0.6 is 0 Å². The normalized spacial score (nSPS) is 10.9. The lowest BCUT2D eigenvalue weighted by atomic mass is 10.1. The van der Waals surface area contributed by atoms with E-state index in [1.54, 1.807) is 0 Å². The first kappa shape index (κ1) is 11.3. The lowest BCUT2D eigenvalue weighted by Crippen LogP contribution is -2.09. The van der Waals surface area contributed by atoms with Crippen molar-refractivity contribution in [2.75, 3.05) is 12.6 Å². The Balaban J connectivity index is 3.21. The molecule has 0 fully saturated rings. The van der Waals surface area contributed by atoms with Gasteiger partial charge < -0.3 is 0 Å². The molecule has 0 unspecified atom stereocenters. The quantitative estimate of drug-likeness (QED) is 0.772. The Labute approximate surface area is 84.0 Å². The molecule has 0 radical (unpaired) electrons. The molecule has 0 aliphatic rings. The molecule has 6 heteroatoms. The predicted molar refractivity (Wildman–Crippen MR) is 46.8 cm³/mol. The van der Waals surface area contributed by atoms with Crippen LogP contribution in [-0.2, 0) is 11.0 Å². The van der Waals surface area contributed by atoms with E-state index in [0.717, 1.165) is 12.1 Å². The molecular weight excluding hydrogens is 209 g/mol. The number of hydrogen-bond donors (Lipinski definition) is 1. The van der Waals surface area contributed by atoms with Crippen LogP contribution in [0.5, 0.6) is 0 Å². The Morgan fingerprint density at radius 1 is 1.40 bits per heavy atom. The first-order chi connectivity index (χ1) is 6.99. The van der Waals surface area contributed by atoms with Crippen LogP contribution in [0.4, 0.5) is 18.9 Å². The lowest BCUT2D eigenvalue weighted by Gasteiger charge is -2.10. The van der Waals surface area contributed by atoms with Gasteiger partial charge in [0.25, 0.3) is 0 Å². The van der Waals surface area contributed by atoms with Gasteiger partial charge >= 0.3 is 6.18 Å². The molecule has 0 aliphatic heterocycles. The fourth-order valence-corrected chi connectivity index (χ4v) is 1.06. The number of hydrogen-bond acceptors (Lipinski definition) is 3. The van der Waals surface area contributed by atoms with Crippen molar-refractivity contribution in [2.24, 2.45) is 0 Å². The molecule has 0 atom stereocenters. The molecule has 0 bridgehead atoms. The van der Waals surface area contributed by atoms with Gasteiger partial charge in [0, 0.05) is 0 Å². The van der Waals surface area contributed by atoms with E-state index in [4.69, 9.17) is 5.26 Å². The standard InChI is InChI=1S/C9H7F3N2O/c1-15-14-7-3-2-6(5-13)8(4-7)9(10,11)12/h2-4,14H,1H3. The summed E-state index contributed by atoms with van der Waals surface area (Å²) in [6, 6.07) is 4.72. The second-order valence-electron chi connectivity index (χ2n) is 2.68. The minimum absolute atomic E-state index is 0.142. The van der Waals surface area contributed by atoms with Crippen molar-refractivity contribution in [3.8, 4) is 6.07 Å². The molecule has 80 valence electrons. The highest BCUT2D eigenvalue weighted by Crippen LogP contribution is 2.33. The summed E-state index contributed by atoms with van der Waals surface area (Å²) in [6.07, 6.45) is -4.55. The van der Waals surface area contributed by atoms with E-state index in [9.17, 15) is 13.2 Å². The Morgan fingerprint density at radius 2 is 2.07 bits per heavy atom. The minimum Gasteiger partial charge on any atom is -0.279 e. The summed E-state index contributed by atoms with van der Waals surface area (Å²) in [5, 5.41) is 8.50. The first-order valence-corrected chi connectivity index (χ1v) is 3.89. The third-order valence-corrected chi connectivity index (χ3v) is 1.67. The molecule has 0 spiro atoms. The van der Waals surface area contributed by atoms with E-state index in [1.807, 2.05) is 0 Å². The Morgan fingerprint density at radius 3 is 2.53 bits per heavy atom. The Kier molecular flexibility index (Phi) is 3.17. The van der Waals surface area contributed by atoms with Crippen LogP contribution in [0.1, 0.15) is 11.1 Å². The minimum atomic E-state index is -4.55. The molecule has 0 heterocycles. The average Bonchev–Trinajstić information content (AvgIpc) is 2.17. The largest absolute Gasteiger partial charge is 0.417 e. The van der Waals surface area contributed by atoms with Gasteiger partial charge in [0.15, 0.2) is 0 Å². The van der Waals surface area contributed by atoms with Crippen molar-refractivity contribution in [2.45, 2.75) is 6.18 Å². The number of rotatable bonds is 2. The van der Waals surface area contributed by atoms with Gasteiger partial charge in [-0.25, -0.2) is 0 Å². The molecule has 0 amide bonds. The van der Waals surface area contributed by atoms with E-state index < -0.39 is 17.3 Å². The predicted octanol–water partition coefficient (Wildman–Crippen LogP) is 2.55. The number of alkyl halides is 3. The van der Waals surface area contributed by atoms with Crippen molar-refractivity contribution in [1.29, 1.82) is 5.26 Å².